The van der Waals surface area contributed by atoms with Crippen LogP contribution in [0, 0.1) is 5.82 Å². The summed E-state index contributed by atoms with van der Waals surface area (Å²) in [5, 5.41) is 5.27. The van der Waals surface area contributed by atoms with Crippen molar-refractivity contribution in [3.8, 4) is 10.6 Å². The SMILES string of the molecule is O=C(Nc1ccc(CN2CCOCC2)cc1)c1csc(-c2ccc(F)cc2)n1. The van der Waals surface area contributed by atoms with Crippen molar-refractivity contribution in [3.63, 3.8) is 0 Å². The number of morpholine rings is 1. The van der Waals surface area contributed by atoms with Gasteiger partial charge in [0.25, 0.3) is 5.91 Å². The van der Waals surface area contributed by atoms with E-state index in [-0.39, 0.29) is 11.7 Å². The summed E-state index contributed by atoms with van der Waals surface area (Å²) in [5.74, 6) is -0.555. The van der Waals surface area contributed by atoms with E-state index in [4.69, 9.17) is 4.74 Å². The Morgan fingerprint density at radius 2 is 1.82 bits per heavy atom. The number of rotatable bonds is 5. The quantitative estimate of drug-likeness (QED) is 0.706. The molecule has 0 atom stereocenters. The predicted molar refractivity (Wildman–Crippen MR) is 108 cm³/mol. The van der Waals surface area contributed by atoms with Crippen molar-refractivity contribution in [3.05, 3.63) is 71.0 Å². The molecule has 2 aromatic carbocycles. The molecule has 1 amide bonds. The highest BCUT2D eigenvalue weighted by Gasteiger charge is 2.13. The largest absolute Gasteiger partial charge is 0.379 e. The second-order valence-electron chi connectivity index (χ2n) is 6.58. The van der Waals surface area contributed by atoms with Crippen molar-refractivity contribution in [2.75, 3.05) is 31.6 Å². The Labute approximate surface area is 166 Å². The summed E-state index contributed by atoms with van der Waals surface area (Å²) in [6.07, 6.45) is 0. The van der Waals surface area contributed by atoms with Gasteiger partial charge in [-0.1, -0.05) is 12.1 Å². The number of hydrogen-bond acceptors (Lipinski definition) is 5. The van der Waals surface area contributed by atoms with Crippen molar-refractivity contribution in [2.45, 2.75) is 6.54 Å². The van der Waals surface area contributed by atoms with Crippen LogP contribution in [0.1, 0.15) is 16.1 Å². The zero-order valence-electron chi connectivity index (χ0n) is 15.2. The van der Waals surface area contributed by atoms with Gasteiger partial charge in [-0.2, -0.15) is 0 Å². The maximum absolute atomic E-state index is 13.0. The molecule has 3 aromatic rings. The van der Waals surface area contributed by atoms with E-state index in [1.807, 2.05) is 24.3 Å². The molecule has 1 aromatic heterocycles. The molecule has 1 fully saturated rings. The van der Waals surface area contributed by atoms with Crippen molar-refractivity contribution in [1.29, 1.82) is 0 Å². The van der Waals surface area contributed by atoms with Crippen LogP contribution in [0.3, 0.4) is 0 Å². The molecule has 1 N–H and O–H groups in total. The van der Waals surface area contributed by atoms with E-state index in [1.165, 1.54) is 29.0 Å². The molecule has 0 saturated carbocycles. The fourth-order valence-electron chi connectivity index (χ4n) is 3.01. The third kappa shape index (κ3) is 4.62. The summed E-state index contributed by atoms with van der Waals surface area (Å²) in [5.41, 5.74) is 3.07. The number of anilines is 1. The minimum Gasteiger partial charge on any atom is -0.379 e. The topological polar surface area (TPSA) is 54.5 Å². The number of nitrogens with zero attached hydrogens (tertiary/aromatic N) is 2. The zero-order valence-corrected chi connectivity index (χ0v) is 16.0. The maximum Gasteiger partial charge on any atom is 0.275 e. The standard InChI is InChI=1S/C21H20FN3O2S/c22-17-5-3-16(4-6-17)21-24-19(14-28-21)20(26)23-18-7-1-15(2-8-18)13-25-9-11-27-12-10-25/h1-8,14H,9-13H2,(H,23,26). The molecule has 4 rings (SSSR count). The number of benzene rings is 2. The van der Waals surface area contributed by atoms with Crippen LogP contribution in [0.2, 0.25) is 0 Å². The van der Waals surface area contributed by atoms with E-state index >= 15 is 0 Å². The summed E-state index contributed by atoms with van der Waals surface area (Å²) in [7, 11) is 0. The lowest BCUT2D eigenvalue weighted by Gasteiger charge is -2.26. The minimum atomic E-state index is -0.296. The molecule has 2 heterocycles. The van der Waals surface area contributed by atoms with Crippen LogP contribution in [0.4, 0.5) is 10.1 Å². The monoisotopic (exact) mass is 397 g/mol. The average molecular weight is 397 g/mol. The molecule has 0 bridgehead atoms. The van der Waals surface area contributed by atoms with Gasteiger partial charge >= 0.3 is 0 Å². The minimum absolute atomic E-state index is 0.259. The van der Waals surface area contributed by atoms with E-state index in [1.54, 1.807) is 17.5 Å². The van der Waals surface area contributed by atoms with Crippen LogP contribution in [0.25, 0.3) is 10.6 Å². The molecule has 0 unspecified atom stereocenters. The van der Waals surface area contributed by atoms with Crippen LogP contribution in [0.5, 0.6) is 0 Å². The van der Waals surface area contributed by atoms with Crippen molar-refractivity contribution >= 4 is 22.9 Å². The highest BCUT2D eigenvalue weighted by Crippen LogP contribution is 2.24. The fourth-order valence-corrected chi connectivity index (χ4v) is 3.82. The number of carbonyl (C=O) groups excluding carboxylic acids is 1. The Morgan fingerprint density at radius 1 is 1.11 bits per heavy atom. The van der Waals surface area contributed by atoms with Gasteiger partial charge < -0.3 is 10.1 Å². The normalized spacial score (nSPS) is 14.8. The molecule has 1 aliphatic rings. The van der Waals surface area contributed by atoms with Gasteiger partial charge in [0, 0.05) is 36.3 Å². The molecule has 1 saturated heterocycles. The number of carbonyl (C=O) groups is 1. The number of halogens is 1. The van der Waals surface area contributed by atoms with Crippen molar-refractivity contribution in [1.82, 2.24) is 9.88 Å². The van der Waals surface area contributed by atoms with Crippen LogP contribution < -0.4 is 5.32 Å². The summed E-state index contributed by atoms with van der Waals surface area (Å²) in [6.45, 7) is 4.32. The highest BCUT2D eigenvalue weighted by atomic mass is 32.1. The molecule has 7 heteroatoms. The number of aromatic nitrogens is 1. The Hall–Kier alpha value is -2.61. The third-order valence-electron chi connectivity index (χ3n) is 4.55. The van der Waals surface area contributed by atoms with E-state index in [0.717, 1.165) is 44.1 Å². The van der Waals surface area contributed by atoms with Gasteiger partial charge in [-0.05, 0) is 42.0 Å². The lowest BCUT2D eigenvalue weighted by atomic mass is 10.2. The molecule has 28 heavy (non-hydrogen) atoms. The van der Waals surface area contributed by atoms with Crippen LogP contribution in [-0.2, 0) is 11.3 Å². The second kappa shape index (κ2) is 8.60. The van der Waals surface area contributed by atoms with Gasteiger partial charge in [-0.3, -0.25) is 9.69 Å². The molecule has 1 aliphatic heterocycles. The van der Waals surface area contributed by atoms with Gasteiger partial charge in [-0.25, -0.2) is 9.37 Å². The van der Waals surface area contributed by atoms with E-state index in [2.05, 4.69) is 15.2 Å². The Kier molecular flexibility index (Phi) is 5.76. The molecule has 5 nitrogen and oxygen atoms in total. The first-order valence-corrected chi connectivity index (χ1v) is 9.97. The number of nitrogens with one attached hydrogen (secondary N) is 1. The average Bonchev–Trinajstić information content (AvgIpc) is 3.21. The Bertz CT molecular complexity index is 935. The summed E-state index contributed by atoms with van der Waals surface area (Å²) < 4.78 is 18.4. The number of hydrogen-bond donors (Lipinski definition) is 1. The second-order valence-corrected chi connectivity index (χ2v) is 7.44. The van der Waals surface area contributed by atoms with Crippen molar-refractivity contribution in [2.24, 2.45) is 0 Å². The molecule has 0 radical (unpaired) electrons. The maximum atomic E-state index is 13.0. The van der Waals surface area contributed by atoms with Gasteiger partial charge in [0.15, 0.2) is 0 Å². The van der Waals surface area contributed by atoms with Gasteiger partial charge in [0.05, 0.1) is 13.2 Å². The smallest absolute Gasteiger partial charge is 0.275 e. The predicted octanol–water partition coefficient (Wildman–Crippen LogP) is 4.03. The summed E-state index contributed by atoms with van der Waals surface area (Å²) in [6, 6.07) is 13.9. The van der Waals surface area contributed by atoms with Gasteiger partial charge in [0.1, 0.15) is 16.5 Å². The van der Waals surface area contributed by atoms with E-state index < -0.39 is 0 Å². The first kappa shape index (κ1) is 18.7. The third-order valence-corrected chi connectivity index (χ3v) is 5.44. The lowest BCUT2D eigenvalue weighted by molar-refractivity contribution is 0.0342. The fraction of sp³-hybridized carbons (Fsp3) is 0.238. The molecule has 0 aliphatic carbocycles. The number of amides is 1. The van der Waals surface area contributed by atoms with E-state index in [0.29, 0.717) is 10.7 Å². The van der Waals surface area contributed by atoms with Gasteiger partial charge in [-0.15, -0.1) is 11.3 Å². The molecule has 0 spiro atoms. The highest BCUT2D eigenvalue weighted by molar-refractivity contribution is 7.13. The molecular weight excluding hydrogens is 377 g/mol. The Morgan fingerprint density at radius 3 is 2.54 bits per heavy atom. The Balaban J connectivity index is 1.37. The number of ether oxygens (including phenoxy) is 1. The van der Waals surface area contributed by atoms with Crippen LogP contribution in [-0.4, -0.2) is 42.1 Å². The lowest BCUT2D eigenvalue weighted by Crippen LogP contribution is -2.35. The van der Waals surface area contributed by atoms with Crippen LogP contribution >= 0.6 is 11.3 Å². The number of thiazole rings is 1. The first-order valence-electron chi connectivity index (χ1n) is 9.09. The molecule has 144 valence electrons. The molecular formula is C21H20FN3O2S. The summed E-state index contributed by atoms with van der Waals surface area (Å²) >= 11 is 1.36. The van der Waals surface area contributed by atoms with E-state index in [9.17, 15) is 9.18 Å². The first-order chi connectivity index (χ1) is 13.7. The van der Waals surface area contributed by atoms with Crippen LogP contribution in [0.15, 0.2) is 53.9 Å². The zero-order chi connectivity index (χ0) is 19.3. The van der Waals surface area contributed by atoms with Crippen molar-refractivity contribution < 1.29 is 13.9 Å². The van der Waals surface area contributed by atoms with Gasteiger partial charge in [0.2, 0.25) is 0 Å². The summed E-state index contributed by atoms with van der Waals surface area (Å²) in [4.78, 5) is 19.2.